The number of unbranched alkanes of at least 4 members (excludes halogenated alkanes) is 1. The molecule has 0 unspecified atom stereocenters. The second kappa shape index (κ2) is 41.0. The molecule has 95 heavy (non-hydrogen) atoms. The molecule has 0 aliphatic carbocycles. The molecule has 13 amide bonds. The maximum Gasteiger partial charge on any atom is 0.245 e. The summed E-state index contributed by atoms with van der Waals surface area (Å²) in [6, 6.07) is 4.51. The van der Waals surface area contributed by atoms with Gasteiger partial charge in [-0.15, -0.1) is 0 Å². The average molecular weight is 1350 g/mol. The molecule has 22 N–H and O–H groups in total. The summed E-state index contributed by atoms with van der Waals surface area (Å²) in [4.78, 5) is 185. The van der Waals surface area contributed by atoms with E-state index in [0.29, 0.717) is 55.4 Å². The quantitative estimate of drug-likeness (QED) is 0.0173. The van der Waals surface area contributed by atoms with Crippen LogP contribution in [0, 0.1) is 5.92 Å². The SMILES string of the molecule is CSCC[C@H](NC(=O)[C@H](CC(C)C)NC(=O)CNC(=O)[C@H](Cc1ccccc1)NC(=O)[C@H](Cc1ccccc1)NC(=O)[C@@H](CCC(N)=O)NC(=O)[C@@H](CCC(N)=O)NC(=O)[C@@H]1CCCN1C(=O)[C@@H](CCCCN)NC(=O)[C@@H]1CCCN1C(=O)[C@H](N)CCCN=C(N)N)C(N)=O. The minimum atomic E-state index is -1.64. The Morgan fingerprint density at radius 3 is 1.51 bits per heavy atom. The Bertz CT molecular complexity index is 2960. The summed E-state index contributed by atoms with van der Waals surface area (Å²) < 4.78 is 0. The zero-order chi connectivity index (χ0) is 70.1. The van der Waals surface area contributed by atoms with Crippen LogP contribution in [0.15, 0.2) is 65.7 Å². The van der Waals surface area contributed by atoms with Crippen molar-refractivity contribution in [1.82, 2.24) is 52.3 Å². The Labute approximate surface area is 558 Å². The Hall–Kier alpha value is -8.91. The fourth-order valence-electron chi connectivity index (χ4n) is 11.0. The monoisotopic (exact) mass is 1350 g/mol. The van der Waals surface area contributed by atoms with Crippen molar-refractivity contribution < 1.29 is 62.3 Å². The summed E-state index contributed by atoms with van der Waals surface area (Å²) in [5.74, 6) is -9.80. The lowest BCUT2D eigenvalue weighted by atomic mass is 10.0. The molecule has 2 aromatic carbocycles. The number of guanidine groups is 1. The van der Waals surface area contributed by atoms with E-state index in [9.17, 15) is 62.3 Å². The predicted octanol–water partition coefficient (Wildman–Crippen LogP) is -3.71. The molecule has 0 radical (unpaired) electrons. The molecule has 2 heterocycles. The van der Waals surface area contributed by atoms with Crippen molar-refractivity contribution in [2.45, 2.75) is 183 Å². The van der Waals surface area contributed by atoms with Crippen LogP contribution in [0.25, 0.3) is 0 Å². The van der Waals surface area contributed by atoms with Crippen LogP contribution in [0.1, 0.15) is 121 Å². The first-order valence-electron chi connectivity index (χ1n) is 32.2. The van der Waals surface area contributed by atoms with Gasteiger partial charge in [-0.2, -0.15) is 11.8 Å². The van der Waals surface area contributed by atoms with Crippen molar-refractivity contribution in [2.75, 3.05) is 44.7 Å². The van der Waals surface area contributed by atoms with Crippen LogP contribution in [0.3, 0.4) is 0 Å². The zero-order valence-corrected chi connectivity index (χ0v) is 55.3. The maximum atomic E-state index is 14.7. The number of carbonyl (C=O) groups is 13. The normalized spacial score (nSPS) is 16.8. The fraction of sp³-hybridized carbons (Fsp3) is 0.587. The molecule has 2 aliphatic rings. The molecule has 31 nitrogen and oxygen atoms in total. The van der Waals surface area contributed by atoms with Crippen molar-refractivity contribution in [2.24, 2.45) is 51.0 Å². The minimum Gasteiger partial charge on any atom is -0.370 e. The van der Waals surface area contributed by atoms with Gasteiger partial charge in [0.05, 0.1) is 12.6 Å². The number of likely N-dealkylation sites (tertiary alicyclic amines) is 2. The summed E-state index contributed by atoms with van der Waals surface area (Å²) in [5, 5.41) is 21.1. The van der Waals surface area contributed by atoms with E-state index >= 15 is 0 Å². The Kier molecular flexibility index (Phi) is 33.9. The molecule has 2 aromatic rings. The largest absolute Gasteiger partial charge is 0.370 e. The summed E-state index contributed by atoms with van der Waals surface area (Å²) in [5.41, 5.74) is 40.6. The van der Waals surface area contributed by atoms with Crippen molar-refractivity contribution in [3.05, 3.63) is 71.8 Å². The summed E-state index contributed by atoms with van der Waals surface area (Å²) in [7, 11) is 0. The predicted molar refractivity (Wildman–Crippen MR) is 356 cm³/mol. The zero-order valence-electron chi connectivity index (χ0n) is 54.5. The number of rotatable bonds is 42. The van der Waals surface area contributed by atoms with Gasteiger partial charge >= 0.3 is 0 Å². The van der Waals surface area contributed by atoms with Gasteiger partial charge in [-0.25, -0.2) is 0 Å². The molecular weight excluding hydrogens is 1250 g/mol. The number of nitrogens with zero attached hydrogens (tertiary/aromatic N) is 3. The summed E-state index contributed by atoms with van der Waals surface area (Å²) in [6.07, 6.45) is 3.12. The van der Waals surface area contributed by atoms with Gasteiger partial charge in [0.2, 0.25) is 76.8 Å². The van der Waals surface area contributed by atoms with Gasteiger partial charge in [0.25, 0.3) is 0 Å². The number of aliphatic imine (C=N–C) groups is 1. The first-order valence-corrected chi connectivity index (χ1v) is 33.6. The molecule has 0 saturated carbocycles. The fourth-order valence-corrected chi connectivity index (χ4v) is 11.5. The van der Waals surface area contributed by atoms with Gasteiger partial charge in [-0.05, 0) is 119 Å². The second-order valence-corrected chi connectivity index (χ2v) is 25.1. The van der Waals surface area contributed by atoms with Crippen molar-refractivity contribution in [3.8, 4) is 0 Å². The van der Waals surface area contributed by atoms with E-state index in [0.717, 1.165) is 0 Å². The highest BCUT2D eigenvalue weighted by Gasteiger charge is 2.42. The van der Waals surface area contributed by atoms with E-state index in [1.165, 1.54) is 21.6 Å². The molecule has 0 bridgehead atoms. The number of hydrogen-bond acceptors (Lipinski definition) is 17. The van der Waals surface area contributed by atoms with E-state index in [4.69, 9.17) is 40.1 Å². The Morgan fingerprint density at radius 2 is 1.01 bits per heavy atom. The van der Waals surface area contributed by atoms with Crippen LogP contribution in [-0.2, 0) is 75.2 Å². The van der Waals surface area contributed by atoms with Crippen LogP contribution >= 0.6 is 11.8 Å². The van der Waals surface area contributed by atoms with Crippen LogP contribution < -0.4 is 82.7 Å². The Balaban J connectivity index is 1.56. The number of hydrogen-bond donors (Lipinski definition) is 15. The molecule has 524 valence electrons. The van der Waals surface area contributed by atoms with Crippen LogP contribution in [0.4, 0.5) is 0 Å². The van der Waals surface area contributed by atoms with Gasteiger partial charge < -0.3 is 92.5 Å². The van der Waals surface area contributed by atoms with E-state index in [-0.39, 0.29) is 83.0 Å². The van der Waals surface area contributed by atoms with Gasteiger partial charge in [-0.3, -0.25) is 67.3 Å². The number of nitrogens with two attached hydrogens (primary N) is 7. The highest BCUT2D eigenvalue weighted by molar-refractivity contribution is 7.98. The number of benzene rings is 2. The van der Waals surface area contributed by atoms with E-state index in [1.807, 2.05) is 20.1 Å². The summed E-state index contributed by atoms with van der Waals surface area (Å²) >= 11 is 1.45. The summed E-state index contributed by atoms with van der Waals surface area (Å²) in [6.45, 7) is 3.86. The first kappa shape index (κ1) is 78.5. The molecule has 4 rings (SSSR count). The van der Waals surface area contributed by atoms with Gasteiger partial charge in [-0.1, -0.05) is 74.5 Å². The third-order valence-corrected chi connectivity index (χ3v) is 16.7. The third kappa shape index (κ3) is 27.5. The number of thioether (sulfide) groups is 1. The van der Waals surface area contributed by atoms with Gasteiger partial charge in [0, 0.05) is 45.3 Å². The van der Waals surface area contributed by atoms with Gasteiger partial charge in [0.1, 0.15) is 54.4 Å². The molecule has 10 atom stereocenters. The standard InChI is InChI=1S/C63H98N18O13S/c1-37(2)33-45(57(89)74-41(53(68)85)27-32-95-3)73-52(84)36-72-54(86)46(34-38-15-6-4-7-16-38)78-58(90)47(35-39-17-8-5-9-18-39)79-56(88)42(23-25-50(66)82)75-55(87)43(24-26-51(67)83)76-59(91)49-22-14-31-81(49)62(94)44(20-10-11-28-64)77-60(92)48-21-13-30-80(48)61(93)40(65)19-12-29-71-63(69)70/h4-9,15-18,37,40-49H,10-14,19-36,64-65H2,1-3H3,(H2,66,82)(H2,67,83)(H2,68,85)(H,72,86)(H,73,84)(H,74,89)(H,75,87)(H,76,91)(H,77,92)(H,78,90)(H,79,88)(H4,69,70,71)/t40-,41+,42-,43-,44-,45+,46+,47+,48+,49+/m1/s1. The molecule has 2 saturated heterocycles. The molecule has 2 fully saturated rings. The molecule has 32 heteroatoms. The maximum absolute atomic E-state index is 14.7. The lowest BCUT2D eigenvalue weighted by Gasteiger charge is -2.32. The molecule has 0 spiro atoms. The molecule has 2 aliphatic heterocycles. The number of carbonyl (C=O) groups excluding carboxylic acids is 13. The topological polar surface area (TPSA) is 519 Å². The lowest BCUT2D eigenvalue weighted by Crippen LogP contribution is -2.60. The minimum absolute atomic E-state index is 0.0736. The van der Waals surface area contributed by atoms with Gasteiger partial charge in [0.15, 0.2) is 5.96 Å². The number of primary amides is 3. The molecular formula is C63H98N18O13S. The van der Waals surface area contributed by atoms with Crippen molar-refractivity contribution in [1.29, 1.82) is 0 Å². The Morgan fingerprint density at radius 1 is 0.537 bits per heavy atom. The van der Waals surface area contributed by atoms with Crippen LogP contribution in [0.2, 0.25) is 0 Å². The smallest absolute Gasteiger partial charge is 0.245 e. The van der Waals surface area contributed by atoms with Crippen molar-refractivity contribution in [3.63, 3.8) is 0 Å². The lowest BCUT2D eigenvalue weighted by molar-refractivity contribution is -0.144. The highest BCUT2D eigenvalue weighted by atomic mass is 32.2. The number of amides is 13. The molecule has 0 aromatic heterocycles. The van der Waals surface area contributed by atoms with Crippen LogP contribution in [0.5, 0.6) is 0 Å². The first-order chi connectivity index (χ1) is 45.2. The third-order valence-electron chi connectivity index (χ3n) is 16.0. The average Bonchev–Trinajstić information content (AvgIpc) is 1.74. The van der Waals surface area contributed by atoms with E-state index in [2.05, 4.69) is 47.5 Å². The van der Waals surface area contributed by atoms with E-state index < -0.39 is 169 Å². The second-order valence-electron chi connectivity index (χ2n) is 24.1. The number of nitrogens with one attached hydrogen (secondary N) is 8. The van der Waals surface area contributed by atoms with Crippen LogP contribution in [-0.4, -0.2) is 198 Å². The van der Waals surface area contributed by atoms with E-state index in [1.54, 1.807) is 60.7 Å². The highest BCUT2D eigenvalue weighted by Crippen LogP contribution is 2.24. The van der Waals surface area contributed by atoms with Crippen molar-refractivity contribution >= 4 is 94.5 Å².